The predicted molar refractivity (Wildman–Crippen MR) is 123 cm³/mol. The Balaban J connectivity index is 1.45. The first-order chi connectivity index (χ1) is 15.3. The van der Waals surface area contributed by atoms with E-state index in [1.807, 2.05) is 24.3 Å². The van der Waals surface area contributed by atoms with Crippen molar-refractivity contribution >= 4 is 31.9 Å². The molecular formula is C23H26BrNO6S. The molecule has 1 heterocycles. The quantitative estimate of drug-likeness (QED) is 0.588. The highest BCUT2D eigenvalue weighted by Crippen LogP contribution is 2.39. The highest BCUT2D eigenvalue weighted by molar-refractivity contribution is 9.10. The van der Waals surface area contributed by atoms with Crippen molar-refractivity contribution < 1.29 is 27.8 Å². The summed E-state index contributed by atoms with van der Waals surface area (Å²) >= 11 is 3.39. The fourth-order valence-corrected chi connectivity index (χ4v) is 5.89. The van der Waals surface area contributed by atoms with Crippen LogP contribution in [-0.2, 0) is 24.3 Å². The van der Waals surface area contributed by atoms with E-state index in [2.05, 4.69) is 20.7 Å². The van der Waals surface area contributed by atoms with Gasteiger partial charge in [-0.15, -0.1) is 0 Å². The van der Waals surface area contributed by atoms with Crippen molar-refractivity contribution in [3.8, 4) is 11.1 Å². The van der Waals surface area contributed by atoms with Gasteiger partial charge in [0.05, 0.1) is 18.1 Å². The highest BCUT2D eigenvalue weighted by Gasteiger charge is 2.43. The molecule has 7 nitrogen and oxygen atoms in total. The largest absolute Gasteiger partial charge is 0.480 e. The molecule has 0 aromatic heterocycles. The summed E-state index contributed by atoms with van der Waals surface area (Å²) in [5.41, 5.74) is 1.83. The van der Waals surface area contributed by atoms with Crippen LogP contribution in [0.15, 0.2) is 57.9 Å². The minimum atomic E-state index is -3.99. The number of halogens is 1. The van der Waals surface area contributed by atoms with Crippen LogP contribution in [0.2, 0.25) is 0 Å². The topological polar surface area (TPSA) is 102 Å². The van der Waals surface area contributed by atoms with Crippen molar-refractivity contribution in [2.45, 2.75) is 48.8 Å². The minimum Gasteiger partial charge on any atom is -0.480 e. The molecule has 172 valence electrons. The highest BCUT2D eigenvalue weighted by atomic mass is 79.9. The van der Waals surface area contributed by atoms with E-state index in [0.29, 0.717) is 38.9 Å². The number of sulfonamides is 1. The molecule has 2 fully saturated rings. The zero-order valence-corrected chi connectivity index (χ0v) is 19.9. The van der Waals surface area contributed by atoms with E-state index in [9.17, 15) is 18.3 Å². The Kier molecular flexibility index (Phi) is 7.02. The molecule has 2 N–H and O–H groups in total. The molecule has 4 rings (SSSR count). The third-order valence-corrected chi connectivity index (χ3v) is 8.16. The molecule has 1 saturated heterocycles. The maximum Gasteiger partial charge on any atom is 0.322 e. The van der Waals surface area contributed by atoms with E-state index in [-0.39, 0.29) is 10.8 Å². The zero-order chi connectivity index (χ0) is 22.8. The van der Waals surface area contributed by atoms with Crippen LogP contribution in [0.1, 0.15) is 32.1 Å². The number of aliphatic carboxylic acids is 1. The lowest BCUT2D eigenvalue weighted by Gasteiger charge is -2.43. The fraction of sp³-hybridized carbons (Fsp3) is 0.435. The van der Waals surface area contributed by atoms with Gasteiger partial charge in [0.25, 0.3) is 0 Å². The van der Waals surface area contributed by atoms with Gasteiger partial charge in [-0.3, -0.25) is 4.79 Å². The number of carboxylic acid groups (broad SMARTS) is 1. The van der Waals surface area contributed by atoms with Gasteiger partial charge in [-0.2, -0.15) is 4.72 Å². The van der Waals surface area contributed by atoms with Gasteiger partial charge in [-0.05, 0) is 60.6 Å². The van der Waals surface area contributed by atoms with E-state index in [1.165, 1.54) is 12.1 Å². The van der Waals surface area contributed by atoms with Gasteiger partial charge < -0.3 is 14.6 Å². The zero-order valence-electron chi connectivity index (χ0n) is 17.5. The van der Waals surface area contributed by atoms with Crippen LogP contribution in [0.25, 0.3) is 11.1 Å². The smallest absolute Gasteiger partial charge is 0.322 e. The lowest BCUT2D eigenvalue weighted by atomic mass is 9.80. The van der Waals surface area contributed by atoms with Crippen LogP contribution in [0, 0.1) is 5.92 Å². The molecule has 1 unspecified atom stereocenters. The van der Waals surface area contributed by atoms with Crippen LogP contribution in [0.3, 0.4) is 0 Å². The van der Waals surface area contributed by atoms with E-state index >= 15 is 0 Å². The molecule has 2 aromatic rings. The Morgan fingerprint density at radius 1 is 1.00 bits per heavy atom. The molecule has 1 aliphatic heterocycles. The molecule has 1 atom stereocenters. The average Bonchev–Trinajstić information content (AvgIpc) is 2.79. The van der Waals surface area contributed by atoms with Gasteiger partial charge >= 0.3 is 5.97 Å². The van der Waals surface area contributed by atoms with Gasteiger partial charge in [-0.1, -0.05) is 40.2 Å². The molecule has 0 amide bonds. The molecule has 1 saturated carbocycles. The molecule has 32 heavy (non-hydrogen) atoms. The predicted octanol–water partition coefficient (Wildman–Crippen LogP) is 4.17. The fourth-order valence-electron chi connectivity index (χ4n) is 4.37. The Morgan fingerprint density at radius 3 is 2.06 bits per heavy atom. The average molecular weight is 524 g/mol. The molecule has 2 aliphatic rings. The van der Waals surface area contributed by atoms with E-state index in [4.69, 9.17) is 9.47 Å². The minimum absolute atomic E-state index is 0.0378. The second kappa shape index (κ2) is 9.61. The summed E-state index contributed by atoms with van der Waals surface area (Å²) in [6.45, 7) is 1.27. The van der Waals surface area contributed by atoms with Gasteiger partial charge in [0, 0.05) is 17.3 Å². The van der Waals surface area contributed by atoms with Crippen LogP contribution < -0.4 is 4.72 Å². The molecule has 1 spiro atoms. The monoisotopic (exact) mass is 523 g/mol. The molecule has 0 bridgehead atoms. The van der Waals surface area contributed by atoms with Crippen LogP contribution in [0.5, 0.6) is 0 Å². The van der Waals surface area contributed by atoms with Gasteiger partial charge in [-0.25, -0.2) is 8.42 Å². The van der Waals surface area contributed by atoms with Crippen molar-refractivity contribution in [3.05, 3.63) is 53.0 Å². The summed E-state index contributed by atoms with van der Waals surface area (Å²) in [6, 6.07) is 12.9. The van der Waals surface area contributed by atoms with E-state index in [0.717, 1.165) is 22.0 Å². The van der Waals surface area contributed by atoms with Crippen molar-refractivity contribution in [1.82, 2.24) is 4.72 Å². The first-order valence-electron chi connectivity index (χ1n) is 10.7. The standard InChI is InChI=1S/C23H26BrNO6S/c24-19-6-2-16(3-7-19)17-4-8-20(9-5-17)32(28,29)25-21(22(26)27)18-10-12-23(13-11-18)30-14-1-15-31-23/h2-9,18,21,25H,1,10-15H2,(H,26,27). The number of carboxylic acids is 1. The molecule has 0 radical (unpaired) electrons. The Labute approximate surface area is 196 Å². The van der Waals surface area contributed by atoms with Crippen LogP contribution >= 0.6 is 15.9 Å². The summed E-state index contributed by atoms with van der Waals surface area (Å²) in [6.07, 6.45) is 3.00. The second-order valence-corrected chi connectivity index (χ2v) is 10.9. The Morgan fingerprint density at radius 2 is 1.53 bits per heavy atom. The Hall–Kier alpha value is -1.78. The number of nitrogens with one attached hydrogen (secondary N) is 1. The summed E-state index contributed by atoms with van der Waals surface area (Å²) in [5, 5.41) is 9.76. The molecule has 1 aliphatic carbocycles. The summed E-state index contributed by atoms with van der Waals surface area (Å²) in [5.74, 6) is -2.14. The number of rotatable bonds is 6. The number of benzene rings is 2. The summed E-state index contributed by atoms with van der Waals surface area (Å²) < 4.78 is 40.9. The van der Waals surface area contributed by atoms with E-state index in [1.54, 1.807) is 12.1 Å². The number of hydrogen-bond donors (Lipinski definition) is 2. The van der Waals surface area contributed by atoms with Gasteiger partial charge in [0.1, 0.15) is 6.04 Å². The van der Waals surface area contributed by atoms with Gasteiger partial charge in [0.2, 0.25) is 10.0 Å². The molecule has 9 heteroatoms. The Bertz CT molecular complexity index is 1040. The number of hydrogen-bond acceptors (Lipinski definition) is 5. The maximum atomic E-state index is 12.9. The summed E-state index contributed by atoms with van der Waals surface area (Å²) in [7, 11) is -3.99. The third kappa shape index (κ3) is 5.23. The molecule has 2 aromatic carbocycles. The SMILES string of the molecule is O=C(O)C(NS(=O)(=O)c1ccc(-c2ccc(Br)cc2)cc1)C1CCC2(CC1)OCCCO2. The van der Waals surface area contributed by atoms with Crippen molar-refractivity contribution in [3.63, 3.8) is 0 Å². The van der Waals surface area contributed by atoms with Crippen molar-refractivity contribution in [2.75, 3.05) is 13.2 Å². The number of carbonyl (C=O) groups is 1. The lowest BCUT2D eigenvalue weighted by molar-refractivity contribution is -0.283. The second-order valence-electron chi connectivity index (χ2n) is 8.27. The van der Waals surface area contributed by atoms with Crippen molar-refractivity contribution in [1.29, 1.82) is 0 Å². The first kappa shape index (κ1) is 23.4. The first-order valence-corrected chi connectivity index (χ1v) is 12.9. The lowest BCUT2D eigenvalue weighted by Crippen LogP contribution is -2.50. The third-order valence-electron chi connectivity index (χ3n) is 6.17. The normalized spacial score (nSPS) is 20.2. The van der Waals surface area contributed by atoms with Crippen LogP contribution in [-0.4, -0.2) is 44.5 Å². The van der Waals surface area contributed by atoms with E-state index < -0.39 is 27.8 Å². The maximum absolute atomic E-state index is 12.9. The van der Waals surface area contributed by atoms with Crippen molar-refractivity contribution in [2.24, 2.45) is 5.92 Å². The number of ether oxygens (including phenoxy) is 2. The summed E-state index contributed by atoms with van der Waals surface area (Å²) in [4.78, 5) is 12.0. The van der Waals surface area contributed by atoms with Gasteiger partial charge in [0.15, 0.2) is 5.79 Å². The van der Waals surface area contributed by atoms with Crippen LogP contribution in [0.4, 0.5) is 0 Å². The molecular weight excluding hydrogens is 498 g/mol.